The molecule has 0 unspecified atom stereocenters. The molecular formula is C21H17N3O3S. The van der Waals surface area contributed by atoms with Gasteiger partial charge in [0.05, 0.1) is 24.5 Å². The summed E-state index contributed by atoms with van der Waals surface area (Å²) in [5, 5.41) is 3.77. The molecule has 140 valence electrons. The maximum absolute atomic E-state index is 12.7. The maximum Gasteiger partial charge on any atom is 0.259 e. The third kappa shape index (κ3) is 3.52. The van der Waals surface area contributed by atoms with Crippen molar-refractivity contribution in [1.29, 1.82) is 0 Å². The molecule has 2 aromatic carbocycles. The van der Waals surface area contributed by atoms with Crippen LogP contribution in [0.4, 0.5) is 5.69 Å². The zero-order valence-electron chi connectivity index (χ0n) is 15.3. The van der Waals surface area contributed by atoms with Crippen LogP contribution < -0.4 is 14.8 Å². The minimum Gasteiger partial charge on any atom is -0.497 e. The minimum atomic E-state index is -0.261. The molecule has 4 aromatic rings. The van der Waals surface area contributed by atoms with Gasteiger partial charge in [-0.2, -0.15) is 0 Å². The lowest BCUT2D eigenvalue weighted by Gasteiger charge is -2.11. The summed E-state index contributed by atoms with van der Waals surface area (Å²) >= 11 is 1.56. The monoisotopic (exact) mass is 391 g/mol. The summed E-state index contributed by atoms with van der Waals surface area (Å²) in [7, 11) is 3.09. The van der Waals surface area contributed by atoms with Crippen LogP contribution in [0.15, 0.2) is 60.8 Å². The summed E-state index contributed by atoms with van der Waals surface area (Å²) < 4.78 is 11.5. The van der Waals surface area contributed by atoms with E-state index < -0.39 is 0 Å². The number of ether oxygens (including phenoxy) is 2. The van der Waals surface area contributed by atoms with E-state index in [2.05, 4.69) is 15.3 Å². The number of rotatable bonds is 5. The Morgan fingerprint density at radius 3 is 2.71 bits per heavy atom. The SMILES string of the molecule is COc1ccc(C(=O)Nc2cccc(-c3nc4ncccc4s3)c2)c(OC)c1. The Balaban J connectivity index is 1.61. The van der Waals surface area contributed by atoms with Gasteiger partial charge in [0.2, 0.25) is 0 Å². The quantitative estimate of drug-likeness (QED) is 0.537. The van der Waals surface area contributed by atoms with Crippen LogP contribution in [-0.2, 0) is 0 Å². The van der Waals surface area contributed by atoms with Crippen LogP contribution in [0, 0.1) is 0 Å². The number of carbonyl (C=O) groups excluding carboxylic acids is 1. The summed E-state index contributed by atoms with van der Waals surface area (Å²) in [6.45, 7) is 0. The summed E-state index contributed by atoms with van der Waals surface area (Å²) in [6.07, 6.45) is 1.73. The van der Waals surface area contributed by atoms with Gasteiger partial charge in [0.25, 0.3) is 5.91 Å². The van der Waals surface area contributed by atoms with E-state index in [9.17, 15) is 4.79 Å². The highest BCUT2D eigenvalue weighted by atomic mass is 32.1. The second-order valence-corrected chi connectivity index (χ2v) is 6.98. The lowest BCUT2D eigenvalue weighted by atomic mass is 10.1. The first-order valence-corrected chi connectivity index (χ1v) is 9.35. The van der Waals surface area contributed by atoms with Crippen molar-refractivity contribution in [3.63, 3.8) is 0 Å². The van der Waals surface area contributed by atoms with E-state index in [4.69, 9.17) is 9.47 Å². The van der Waals surface area contributed by atoms with Crippen LogP contribution in [0.5, 0.6) is 11.5 Å². The number of nitrogens with zero attached hydrogens (tertiary/aromatic N) is 2. The average molecular weight is 391 g/mol. The molecule has 0 bridgehead atoms. The molecule has 2 aromatic heterocycles. The molecule has 1 amide bonds. The molecule has 1 N–H and O–H groups in total. The van der Waals surface area contributed by atoms with Crippen LogP contribution in [0.25, 0.3) is 20.9 Å². The smallest absolute Gasteiger partial charge is 0.259 e. The number of pyridine rings is 1. The van der Waals surface area contributed by atoms with Crippen LogP contribution in [-0.4, -0.2) is 30.1 Å². The topological polar surface area (TPSA) is 73.3 Å². The van der Waals surface area contributed by atoms with Crippen molar-refractivity contribution in [1.82, 2.24) is 9.97 Å². The highest BCUT2D eigenvalue weighted by molar-refractivity contribution is 7.21. The van der Waals surface area contributed by atoms with Crippen LogP contribution in [0.1, 0.15) is 10.4 Å². The Bertz CT molecular complexity index is 1120. The molecule has 7 heteroatoms. The number of fused-ring (bicyclic) bond motifs is 1. The summed E-state index contributed by atoms with van der Waals surface area (Å²) in [5.74, 6) is 0.813. The normalized spacial score (nSPS) is 10.6. The molecule has 0 aliphatic heterocycles. The van der Waals surface area contributed by atoms with E-state index in [0.717, 1.165) is 20.9 Å². The van der Waals surface area contributed by atoms with E-state index in [1.54, 1.807) is 42.8 Å². The molecule has 2 heterocycles. The van der Waals surface area contributed by atoms with E-state index in [1.165, 1.54) is 7.11 Å². The number of benzene rings is 2. The zero-order valence-corrected chi connectivity index (χ0v) is 16.1. The van der Waals surface area contributed by atoms with Crippen molar-refractivity contribution in [2.45, 2.75) is 0 Å². The van der Waals surface area contributed by atoms with Crippen molar-refractivity contribution >= 4 is 33.3 Å². The number of methoxy groups -OCH3 is 2. The zero-order chi connectivity index (χ0) is 19.5. The van der Waals surface area contributed by atoms with Crippen molar-refractivity contribution in [3.8, 4) is 22.1 Å². The second kappa shape index (κ2) is 7.66. The van der Waals surface area contributed by atoms with Crippen molar-refractivity contribution in [2.75, 3.05) is 19.5 Å². The number of anilines is 1. The minimum absolute atomic E-state index is 0.261. The molecule has 6 nitrogen and oxygen atoms in total. The molecule has 0 spiro atoms. The number of hydrogen-bond acceptors (Lipinski definition) is 6. The van der Waals surface area contributed by atoms with Gasteiger partial charge in [-0.15, -0.1) is 11.3 Å². The standard InChI is InChI=1S/C21H17N3O3S/c1-26-15-8-9-16(17(12-15)27-2)20(25)23-14-6-3-5-13(11-14)21-24-19-18(28-21)7-4-10-22-19/h3-12H,1-2H3,(H,23,25). The van der Waals surface area contributed by atoms with Gasteiger partial charge in [-0.25, -0.2) is 9.97 Å². The van der Waals surface area contributed by atoms with Crippen LogP contribution in [0.2, 0.25) is 0 Å². The Morgan fingerprint density at radius 2 is 1.93 bits per heavy atom. The van der Waals surface area contributed by atoms with Gasteiger partial charge in [0, 0.05) is 23.5 Å². The average Bonchev–Trinajstić information content (AvgIpc) is 3.17. The fourth-order valence-electron chi connectivity index (χ4n) is 2.81. The van der Waals surface area contributed by atoms with Crippen LogP contribution in [0.3, 0.4) is 0 Å². The predicted molar refractivity (Wildman–Crippen MR) is 110 cm³/mol. The van der Waals surface area contributed by atoms with Gasteiger partial charge in [0.15, 0.2) is 5.65 Å². The molecule has 0 aliphatic carbocycles. The summed E-state index contributed by atoms with van der Waals surface area (Å²) in [4.78, 5) is 21.6. The molecule has 0 saturated heterocycles. The highest BCUT2D eigenvalue weighted by Gasteiger charge is 2.14. The van der Waals surface area contributed by atoms with Gasteiger partial charge in [-0.1, -0.05) is 12.1 Å². The Hall–Kier alpha value is -3.45. The van der Waals surface area contributed by atoms with E-state index in [-0.39, 0.29) is 5.91 Å². The fourth-order valence-corrected chi connectivity index (χ4v) is 3.73. The van der Waals surface area contributed by atoms with Crippen molar-refractivity contribution in [3.05, 3.63) is 66.4 Å². The molecular weight excluding hydrogens is 374 g/mol. The lowest BCUT2D eigenvalue weighted by Crippen LogP contribution is -2.13. The van der Waals surface area contributed by atoms with E-state index in [0.29, 0.717) is 22.7 Å². The molecule has 4 rings (SSSR count). The second-order valence-electron chi connectivity index (χ2n) is 5.95. The molecule has 0 aliphatic rings. The van der Waals surface area contributed by atoms with Gasteiger partial charge in [-0.05, 0) is 36.4 Å². The highest BCUT2D eigenvalue weighted by Crippen LogP contribution is 2.31. The van der Waals surface area contributed by atoms with Gasteiger partial charge in [-0.3, -0.25) is 4.79 Å². The first kappa shape index (κ1) is 17.9. The third-order valence-electron chi connectivity index (χ3n) is 4.19. The van der Waals surface area contributed by atoms with Crippen molar-refractivity contribution < 1.29 is 14.3 Å². The van der Waals surface area contributed by atoms with Crippen molar-refractivity contribution in [2.24, 2.45) is 0 Å². The maximum atomic E-state index is 12.7. The van der Waals surface area contributed by atoms with Gasteiger partial charge in [0.1, 0.15) is 16.5 Å². The largest absolute Gasteiger partial charge is 0.497 e. The molecule has 0 saturated carbocycles. The molecule has 0 atom stereocenters. The number of aromatic nitrogens is 2. The van der Waals surface area contributed by atoms with E-state index in [1.807, 2.05) is 36.4 Å². The predicted octanol–water partition coefficient (Wildman–Crippen LogP) is 4.63. The molecule has 0 radical (unpaired) electrons. The number of thiazole rings is 1. The number of nitrogens with one attached hydrogen (secondary N) is 1. The third-order valence-corrected chi connectivity index (χ3v) is 5.24. The Labute approximate surface area is 165 Å². The lowest BCUT2D eigenvalue weighted by molar-refractivity contribution is 0.102. The van der Waals surface area contributed by atoms with E-state index >= 15 is 0 Å². The summed E-state index contributed by atoms with van der Waals surface area (Å²) in [5.41, 5.74) is 2.74. The fraction of sp³-hybridized carbons (Fsp3) is 0.0952. The molecule has 28 heavy (non-hydrogen) atoms. The molecule has 0 fully saturated rings. The van der Waals surface area contributed by atoms with Gasteiger partial charge >= 0.3 is 0 Å². The first-order valence-electron chi connectivity index (χ1n) is 8.53. The Kier molecular flexibility index (Phi) is 4.90. The first-order chi connectivity index (χ1) is 13.7. The Morgan fingerprint density at radius 1 is 1.04 bits per heavy atom. The van der Waals surface area contributed by atoms with Crippen LogP contribution >= 0.6 is 11.3 Å². The number of amides is 1. The number of carbonyl (C=O) groups is 1. The number of hydrogen-bond donors (Lipinski definition) is 1. The summed E-state index contributed by atoms with van der Waals surface area (Å²) in [6, 6.07) is 16.5. The van der Waals surface area contributed by atoms with Gasteiger partial charge < -0.3 is 14.8 Å².